The van der Waals surface area contributed by atoms with E-state index in [1.807, 2.05) is 0 Å². The first kappa shape index (κ1) is 14.2. The molecule has 3 rings (SSSR count). The average Bonchev–Trinajstić information content (AvgIpc) is 2.50. The van der Waals surface area contributed by atoms with Crippen molar-refractivity contribution in [1.82, 2.24) is 14.8 Å². The molecule has 0 radical (unpaired) electrons. The van der Waals surface area contributed by atoms with Gasteiger partial charge in [0.1, 0.15) is 0 Å². The van der Waals surface area contributed by atoms with Crippen molar-refractivity contribution in [2.24, 2.45) is 0 Å². The number of hydrogen-bond acceptors (Lipinski definition) is 3. The second-order valence-corrected chi connectivity index (χ2v) is 5.91. The predicted molar refractivity (Wildman–Crippen MR) is 86.1 cm³/mol. The fourth-order valence-corrected chi connectivity index (χ4v) is 3.03. The number of aryl methyl sites for hydroxylation is 1. The molecule has 21 heavy (non-hydrogen) atoms. The van der Waals surface area contributed by atoms with Crippen LogP contribution in [0, 0.1) is 6.92 Å². The molecule has 1 aliphatic rings. The Morgan fingerprint density at radius 1 is 1.05 bits per heavy atom. The minimum Gasteiger partial charge on any atom is -0.297 e. The van der Waals surface area contributed by atoms with Crippen LogP contribution in [0.2, 0.25) is 0 Å². The molecule has 110 valence electrons. The molecule has 3 heteroatoms. The van der Waals surface area contributed by atoms with Crippen molar-refractivity contribution in [3.05, 3.63) is 65.5 Å². The Balaban J connectivity index is 1.71. The summed E-state index contributed by atoms with van der Waals surface area (Å²) >= 11 is 0. The molecule has 0 unspecified atom stereocenters. The Hall–Kier alpha value is -1.71. The summed E-state index contributed by atoms with van der Waals surface area (Å²) in [5, 5.41) is 0. The van der Waals surface area contributed by atoms with Crippen molar-refractivity contribution in [3.63, 3.8) is 0 Å². The minimum absolute atomic E-state index is 0.477. The minimum atomic E-state index is 0.477. The van der Waals surface area contributed by atoms with Gasteiger partial charge in [0.25, 0.3) is 0 Å². The Morgan fingerprint density at radius 2 is 1.86 bits per heavy atom. The van der Waals surface area contributed by atoms with Crippen LogP contribution in [-0.2, 0) is 6.54 Å². The Labute approximate surface area is 127 Å². The molecule has 0 N–H and O–H groups in total. The first-order chi connectivity index (χ1) is 10.2. The summed E-state index contributed by atoms with van der Waals surface area (Å²) in [6.07, 6.45) is 0. The SMILES string of the molecule is Cc1cccc(CN2CCN(C)[C@H](c3ccccc3)C2)n1. The molecule has 3 nitrogen and oxygen atoms in total. The average molecular weight is 281 g/mol. The van der Waals surface area contributed by atoms with Crippen molar-refractivity contribution < 1.29 is 0 Å². The van der Waals surface area contributed by atoms with E-state index in [1.54, 1.807) is 0 Å². The predicted octanol–water partition coefficient (Wildman–Crippen LogP) is 2.88. The number of pyridine rings is 1. The molecule has 0 bridgehead atoms. The molecular formula is C18H23N3. The van der Waals surface area contributed by atoms with Crippen LogP contribution in [0.15, 0.2) is 48.5 Å². The lowest BCUT2D eigenvalue weighted by Crippen LogP contribution is -2.46. The zero-order chi connectivity index (χ0) is 14.7. The van der Waals surface area contributed by atoms with E-state index in [1.165, 1.54) is 11.3 Å². The topological polar surface area (TPSA) is 19.4 Å². The second-order valence-electron chi connectivity index (χ2n) is 5.91. The maximum atomic E-state index is 4.63. The highest BCUT2D eigenvalue weighted by Gasteiger charge is 2.25. The molecule has 1 saturated heterocycles. The van der Waals surface area contributed by atoms with Gasteiger partial charge in [-0.05, 0) is 31.7 Å². The molecule has 0 spiro atoms. The van der Waals surface area contributed by atoms with Crippen LogP contribution in [0.5, 0.6) is 0 Å². The summed E-state index contributed by atoms with van der Waals surface area (Å²) in [6.45, 7) is 6.27. The lowest BCUT2D eigenvalue weighted by molar-refractivity contribution is 0.0896. The van der Waals surface area contributed by atoms with Crippen LogP contribution < -0.4 is 0 Å². The third-order valence-electron chi connectivity index (χ3n) is 4.25. The third kappa shape index (κ3) is 3.49. The van der Waals surface area contributed by atoms with Gasteiger partial charge in [-0.15, -0.1) is 0 Å². The second kappa shape index (κ2) is 6.37. The van der Waals surface area contributed by atoms with E-state index < -0.39 is 0 Å². The number of piperazine rings is 1. The number of hydrogen-bond donors (Lipinski definition) is 0. The zero-order valence-electron chi connectivity index (χ0n) is 12.9. The molecule has 1 fully saturated rings. The zero-order valence-corrected chi connectivity index (χ0v) is 12.9. The number of rotatable bonds is 3. The van der Waals surface area contributed by atoms with Gasteiger partial charge >= 0.3 is 0 Å². The highest BCUT2D eigenvalue weighted by Crippen LogP contribution is 2.24. The van der Waals surface area contributed by atoms with Crippen molar-refractivity contribution in [2.75, 3.05) is 26.7 Å². The standard InChI is InChI=1S/C18H23N3/c1-15-7-6-10-17(19-15)13-21-12-11-20(2)18(14-21)16-8-4-3-5-9-16/h3-10,18H,11-14H2,1-2H3/t18-/m0/s1. The number of benzene rings is 1. The normalized spacial score (nSPS) is 20.6. The van der Waals surface area contributed by atoms with Crippen molar-refractivity contribution in [2.45, 2.75) is 19.5 Å². The lowest BCUT2D eigenvalue weighted by atomic mass is 10.0. The van der Waals surface area contributed by atoms with E-state index in [0.29, 0.717) is 6.04 Å². The summed E-state index contributed by atoms with van der Waals surface area (Å²) < 4.78 is 0. The van der Waals surface area contributed by atoms with Gasteiger partial charge in [-0.2, -0.15) is 0 Å². The van der Waals surface area contributed by atoms with Gasteiger partial charge < -0.3 is 0 Å². The highest BCUT2D eigenvalue weighted by molar-refractivity contribution is 5.20. The van der Waals surface area contributed by atoms with Gasteiger partial charge in [0.05, 0.1) is 5.69 Å². The summed E-state index contributed by atoms with van der Waals surface area (Å²) in [5.74, 6) is 0. The van der Waals surface area contributed by atoms with Gasteiger partial charge in [0.2, 0.25) is 0 Å². The first-order valence-corrected chi connectivity index (χ1v) is 7.62. The maximum Gasteiger partial charge on any atom is 0.0547 e. The Morgan fingerprint density at radius 3 is 2.62 bits per heavy atom. The monoisotopic (exact) mass is 281 g/mol. The number of aromatic nitrogens is 1. The van der Waals surface area contributed by atoms with Gasteiger partial charge in [-0.25, -0.2) is 0 Å². The van der Waals surface area contributed by atoms with Gasteiger partial charge in [0, 0.05) is 37.9 Å². The molecule has 0 amide bonds. The summed E-state index contributed by atoms with van der Waals surface area (Å²) in [7, 11) is 2.22. The maximum absolute atomic E-state index is 4.63. The number of likely N-dealkylation sites (N-methyl/N-ethyl adjacent to an activating group) is 1. The Kier molecular flexibility index (Phi) is 4.32. The molecule has 1 atom stereocenters. The lowest BCUT2D eigenvalue weighted by Gasteiger charge is -2.39. The van der Waals surface area contributed by atoms with Gasteiger partial charge in [0.15, 0.2) is 0 Å². The molecule has 1 aromatic heterocycles. The molecule has 1 aliphatic heterocycles. The molecule has 2 aromatic rings. The molecule has 0 saturated carbocycles. The molecular weight excluding hydrogens is 258 g/mol. The largest absolute Gasteiger partial charge is 0.297 e. The van der Waals surface area contributed by atoms with Crippen LogP contribution in [0.1, 0.15) is 23.0 Å². The van der Waals surface area contributed by atoms with E-state index >= 15 is 0 Å². The summed E-state index contributed by atoms with van der Waals surface area (Å²) in [4.78, 5) is 9.60. The fraction of sp³-hybridized carbons (Fsp3) is 0.389. The molecule has 0 aliphatic carbocycles. The van der Waals surface area contributed by atoms with E-state index in [-0.39, 0.29) is 0 Å². The van der Waals surface area contributed by atoms with E-state index in [9.17, 15) is 0 Å². The molecule has 2 heterocycles. The van der Waals surface area contributed by atoms with Crippen LogP contribution in [0.3, 0.4) is 0 Å². The van der Waals surface area contributed by atoms with Crippen molar-refractivity contribution in [1.29, 1.82) is 0 Å². The van der Waals surface area contributed by atoms with E-state index in [2.05, 4.69) is 77.3 Å². The summed E-state index contributed by atoms with van der Waals surface area (Å²) in [5.41, 5.74) is 3.68. The van der Waals surface area contributed by atoms with Crippen molar-refractivity contribution >= 4 is 0 Å². The van der Waals surface area contributed by atoms with Crippen molar-refractivity contribution in [3.8, 4) is 0 Å². The first-order valence-electron chi connectivity index (χ1n) is 7.62. The van der Waals surface area contributed by atoms with Crippen LogP contribution >= 0.6 is 0 Å². The quantitative estimate of drug-likeness (QED) is 0.862. The van der Waals surface area contributed by atoms with E-state index in [0.717, 1.165) is 31.9 Å². The van der Waals surface area contributed by atoms with E-state index in [4.69, 9.17) is 0 Å². The van der Waals surface area contributed by atoms with Crippen LogP contribution in [0.25, 0.3) is 0 Å². The molecule has 1 aromatic carbocycles. The third-order valence-corrected chi connectivity index (χ3v) is 4.25. The van der Waals surface area contributed by atoms with Gasteiger partial charge in [-0.3, -0.25) is 14.8 Å². The highest BCUT2D eigenvalue weighted by atomic mass is 15.3. The number of nitrogens with zero attached hydrogens (tertiary/aromatic N) is 3. The van der Waals surface area contributed by atoms with Crippen LogP contribution in [-0.4, -0.2) is 41.5 Å². The van der Waals surface area contributed by atoms with Gasteiger partial charge in [-0.1, -0.05) is 36.4 Å². The van der Waals surface area contributed by atoms with Crippen LogP contribution in [0.4, 0.5) is 0 Å². The summed E-state index contributed by atoms with van der Waals surface area (Å²) in [6, 6.07) is 17.6. The fourth-order valence-electron chi connectivity index (χ4n) is 3.03. The smallest absolute Gasteiger partial charge is 0.0547 e. The Bertz CT molecular complexity index is 582.